The van der Waals surface area contributed by atoms with Crippen LogP contribution in [0.5, 0.6) is 5.75 Å². The van der Waals surface area contributed by atoms with E-state index >= 15 is 0 Å². The van der Waals surface area contributed by atoms with Crippen molar-refractivity contribution in [1.29, 1.82) is 0 Å². The van der Waals surface area contributed by atoms with Gasteiger partial charge >= 0.3 is 6.36 Å². The SMILES string of the molecule is NC(=NCC1CC12CCSCC2)Nc1ccc(OC(F)(F)F)cc1. The molecule has 1 saturated carbocycles. The highest BCUT2D eigenvalue weighted by atomic mass is 32.2. The highest BCUT2D eigenvalue weighted by molar-refractivity contribution is 7.99. The van der Waals surface area contributed by atoms with E-state index in [1.54, 1.807) is 0 Å². The largest absolute Gasteiger partial charge is 0.573 e. The van der Waals surface area contributed by atoms with Gasteiger partial charge < -0.3 is 15.8 Å². The van der Waals surface area contributed by atoms with Crippen LogP contribution in [0.3, 0.4) is 0 Å². The van der Waals surface area contributed by atoms with Crippen molar-refractivity contribution in [2.24, 2.45) is 22.1 Å². The fourth-order valence-electron chi connectivity index (χ4n) is 3.22. The van der Waals surface area contributed by atoms with Crippen LogP contribution in [0.4, 0.5) is 18.9 Å². The summed E-state index contributed by atoms with van der Waals surface area (Å²) in [6.45, 7) is 0.707. The molecule has 1 aromatic carbocycles. The maximum absolute atomic E-state index is 12.1. The molecule has 0 amide bonds. The van der Waals surface area contributed by atoms with E-state index in [0.29, 0.717) is 23.6 Å². The molecule has 2 aliphatic rings. The summed E-state index contributed by atoms with van der Waals surface area (Å²) in [7, 11) is 0. The average molecular weight is 359 g/mol. The van der Waals surface area contributed by atoms with Crippen LogP contribution in [-0.2, 0) is 0 Å². The summed E-state index contributed by atoms with van der Waals surface area (Å²) in [4.78, 5) is 4.38. The summed E-state index contributed by atoms with van der Waals surface area (Å²) in [5, 5.41) is 2.89. The van der Waals surface area contributed by atoms with E-state index in [1.165, 1.54) is 55.0 Å². The molecule has 3 N–H and O–H groups in total. The first kappa shape index (κ1) is 17.3. The number of alkyl halides is 3. The van der Waals surface area contributed by atoms with Crippen molar-refractivity contribution < 1.29 is 17.9 Å². The van der Waals surface area contributed by atoms with Gasteiger partial charge in [-0.3, -0.25) is 4.99 Å². The van der Waals surface area contributed by atoms with Crippen molar-refractivity contribution in [1.82, 2.24) is 0 Å². The third kappa shape index (κ3) is 4.49. The molecule has 3 rings (SSSR count). The topological polar surface area (TPSA) is 59.6 Å². The van der Waals surface area contributed by atoms with Crippen LogP contribution in [-0.4, -0.2) is 30.4 Å². The van der Waals surface area contributed by atoms with Crippen molar-refractivity contribution in [2.75, 3.05) is 23.4 Å². The molecule has 1 heterocycles. The Balaban J connectivity index is 1.49. The van der Waals surface area contributed by atoms with Gasteiger partial charge in [-0.1, -0.05) is 0 Å². The molecule has 8 heteroatoms. The summed E-state index contributed by atoms with van der Waals surface area (Å²) in [5.41, 5.74) is 6.93. The maximum atomic E-state index is 12.1. The van der Waals surface area contributed by atoms with Gasteiger partial charge in [-0.2, -0.15) is 11.8 Å². The van der Waals surface area contributed by atoms with Gasteiger partial charge in [0.05, 0.1) is 0 Å². The number of rotatable bonds is 4. The van der Waals surface area contributed by atoms with Crippen molar-refractivity contribution >= 4 is 23.4 Å². The van der Waals surface area contributed by atoms with Gasteiger partial charge in [0.25, 0.3) is 0 Å². The van der Waals surface area contributed by atoms with Crippen molar-refractivity contribution in [3.8, 4) is 5.75 Å². The van der Waals surface area contributed by atoms with Crippen LogP contribution < -0.4 is 15.8 Å². The molecular weight excluding hydrogens is 339 g/mol. The number of halogens is 3. The molecule has 1 unspecified atom stereocenters. The molecule has 24 heavy (non-hydrogen) atoms. The second kappa shape index (κ2) is 6.74. The van der Waals surface area contributed by atoms with E-state index < -0.39 is 6.36 Å². The third-order valence-electron chi connectivity index (χ3n) is 4.69. The first-order chi connectivity index (χ1) is 11.4. The van der Waals surface area contributed by atoms with Gasteiger partial charge in [0, 0.05) is 12.2 Å². The molecule has 0 radical (unpaired) electrons. The molecule has 132 valence electrons. The lowest BCUT2D eigenvalue weighted by atomic mass is 9.96. The smallest absolute Gasteiger partial charge is 0.406 e. The minimum atomic E-state index is -4.69. The molecule has 1 aliphatic heterocycles. The molecule has 0 bridgehead atoms. The Morgan fingerprint density at radius 3 is 2.58 bits per heavy atom. The summed E-state index contributed by atoms with van der Waals surface area (Å²) >= 11 is 2.02. The summed E-state index contributed by atoms with van der Waals surface area (Å²) in [6, 6.07) is 5.41. The van der Waals surface area contributed by atoms with Gasteiger partial charge in [0.2, 0.25) is 0 Å². The van der Waals surface area contributed by atoms with Crippen LogP contribution in [0.2, 0.25) is 0 Å². The van der Waals surface area contributed by atoms with Crippen LogP contribution in [0, 0.1) is 11.3 Å². The van der Waals surface area contributed by atoms with E-state index in [9.17, 15) is 13.2 Å². The Bertz CT molecular complexity index is 598. The van der Waals surface area contributed by atoms with E-state index in [0.717, 1.165) is 0 Å². The molecule has 1 aliphatic carbocycles. The third-order valence-corrected chi connectivity index (χ3v) is 5.68. The molecule has 0 aromatic heterocycles. The van der Waals surface area contributed by atoms with Crippen molar-refractivity contribution in [3.05, 3.63) is 24.3 Å². The number of nitrogens with one attached hydrogen (secondary N) is 1. The normalized spacial score (nSPS) is 23.1. The second-order valence-electron chi connectivity index (χ2n) is 6.30. The Labute approximate surface area is 143 Å². The number of nitrogens with two attached hydrogens (primary N) is 1. The number of guanidine groups is 1. The lowest BCUT2D eigenvalue weighted by molar-refractivity contribution is -0.274. The number of thioether (sulfide) groups is 1. The molecule has 4 nitrogen and oxygen atoms in total. The number of hydrogen-bond donors (Lipinski definition) is 2. The van der Waals surface area contributed by atoms with Crippen molar-refractivity contribution in [2.45, 2.75) is 25.6 Å². The molecular formula is C16H20F3N3OS. The van der Waals surface area contributed by atoms with E-state index in [2.05, 4.69) is 15.0 Å². The summed E-state index contributed by atoms with van der Waals surface area (Å²) in [5.74, 6) is 3.10. The number of aliphatic imine (C=N–C) groups is 1. The van der Waals surface area contributed by atoms with Crippen LogP contribution in [0.25, 0.3) is 0 Å². The molecule has 1 saturated heterocycles. The Morgan fingerprint density at radius 2 is 1.96 bits per heavy atom. The molecule has 1 atom stereocenters. The number of ether oxygens (including phenoxy) is 1. The fourth-order valence-corrected chi connectivity index (χ4v) is 4.52. The monoisotopic (exact) mass is 359 g/mol. The average Bonchev–Trinajstić information content (AvgIpc) is 3.18. The van der Waals surface area contributed by atoms with Gasteiger partial charge in [-0.15, -0.1) is 13.2 Å². The predicted octanol–water partition coefficient (Wildman–Crippen LogP) is 3.85. The van der Waals surface area contributed by atoms with Crippen LogP contribution >= 0.6 is 11.8 Å². The standard InChI is InChI=1S/C16H20F3N3OS/c17-16(18,19)23-13-3-1-12(2-4-13)22-14(20)21-10-11-9-15(11)5-7-24-8-6-15/h1-4,11H,5-10H2,(H3,20,21,22). The molecule has 2 fully saturated rings. The first-order valence-electron chi connectivity index (χ1n) is 7.87. The number of anilines is 1. The van der Waals surface area contributed by atoms with E-state index in [1.807, 2.05) is 11.8 Å². The highest BCUT2D eigenvalue weighted by Crippen LogP contribution is 2.60. The zero-order valence-electron chi connectivity index (χ0n) is 13.1. The van der Waals surface area contributed by atoms with Gasteiger partial charge in [-0.05, 0) is 66.4 Å². The zero-order valence-corrected chi connectivity index (χ0v) is 13.9. The second-order valence-corrected chi connectivity index (χ2v) is 7.52. The Morgan fingerprint density at radius 1 is 1.29 bits per heavy atom. The lowest BCUT2D eigenvalue weighted by Gasteiger charge is -2.21. The maximum Gasteiger partial charge on any atom is 0.573 e. The number of benzene rings is 1. The van der Waals surface area contributed by atoms with E-state index in [-0.39, 0.29) is 11.7 Å². The quantitative estimate of drug-likeness (QED) is 0.633. The highest BCUT2D eigenvalue weighted by Gasteiger charge is 2.53. The predicted molar refractivity (Wildman–Crippen MR) is 90.3 cm³/mol. The van der Waals surface area contributed by atoms with Gasteiger partial charge in [0.15, 0.2) is 5.96 Å². The zero-order chi connectivity index (χ0) is 17.2. The van der Waals surface area contributed by atoms with Crippen LogP contribution in [0.1, 0.15) is 19.3 Å². The van der Waals surface area contributed by atoms with Gasteiger partial charge in [0.1, 0.15) is 5.75 Å². The van der Waals surface area contributed by atoms with Crippen molar-refractivity contribution in [3.63, 3.8) is 0 Å². The number of nitrogens with zero attached hydrogens (tertiary/aromatic N) is 1. The molecule has 1 aromatic rings. The first-order valence-corrected chi connectivity index (χ1v) is 9.02. The van der Waals surface area contributed by atoms with E-state index in [4.69, 9.17) is 5.73 Å². The minimum Gasteiger partial charge on any atom is -0.406 e. The molecule has 1 spiro atoms. The Kier molecular flexibility index (Phi) is 4.85. The summed E-state index contributed by atoms with van der Waals surface area (Å²) in [6.07, 6.45) is -0.918. The van der Waals surface area contributed by atoms with Gasteiger partial charge in [-0.25, -0.2) is 0 Å². The minimum absolute atomic E-state index is 0.265. The lowest BCUT2D eigenvalue weighted by Crippen LogP contribution is -2.23. The number of hydrogen-bond acceptors (Lipinski definition) is 3. The van der Waals surface area contributed by atoms with Crippen LogP contribution in [0.15, 0.2) is 29.3 Å². The Hall–Kier alpha value is -1.57. The fraction of sp³-hybridized carbons (Fsp3) is 0.562. The summed E-state index contributed by atoms with van der Waals surface area (Å²) < 4.78 is 40.1.